The van der Waals surface area contributed by atoms with Crippen molar-refractivity contribution in [3.63, 3.8) is 0 Å². The second-order valence-electron chi connectivity index (χ2n) is 7.91. The predicted molar refractivity (Wildman–Crippen MR) is 136 cm³/mol. The number of aromatic nitrogens is 3. The third-order valence-electron chi connectivity index (χ3n) is 5.59. The monoisotopic (exact) mass is 471 g/mol. The van der Waals surface area contributed by atoms with Gasteiger partial charge in [-0.3, -0.25) is 0 Å². The average Bonchev–Trinajstić information content (AvgIpc) is 3.22. The Hall–Kier alpha value is -3.89. The van der Waals surface area contributed by atoms with Gasteiger partial charge in [-0.25, -0.2) is 18.1 Å². The lowest BCUT2D eigenvalue weighted by Crippen LogP contribution is -2.29. The quantitative estimate of drug-likeness (QED) is 0.247. The lowest BCUT2D eigenvalue weighted by atomic mass is 10.0. The fourth-order valence-corrected chi connectivity index (χ4v) is 5.17. The molecule has 3 aromatic carbocycles. The Morgan fingerprint density at radius 3 is 2.59 bits per heavy atom. The standard InChI is InChI=1S/C24H22BN5O3S/c25-19-15-27-30-23(14-20(29-24(19)30)18-9-3-4-10-21(18)31)26-12-13-28-34(32,33)22-11-5-7-16-6-1-2-8-17(16)22/h1-11,14-15,26,28,31H,12-13,25H2. The van der Waals surface area contributed by atoms with Crippen LogP contribution in [-0.4, -0.2) is 49.1 Å². The SMILES string of the molecule is Bc1cnn2c(NCCNS(=O)(=O)c3cccc4ccccc34)cc(-c3ccccc3O)nc12. The molecule has 0 aliphatic rings. The van der Waals surface area contributed by atoms with E-state index in [9.17, 15) is 13.5 Å². The maximum atomic E-state index is 13.0. The highest BCUT2D eigenvalue weighted by Gasteiger charge is 2.17. The summed E-state index contributed by atoms with van der Waals surface area (Å²) in [4.78, 5) is 4.90. The summed E-state index contributed by atoms with van der Waals surface area (Å²) in [6.45, 7) is 0.490. The largest absolute Gasteiger partial charge is 0.507 e. The Morgan fingerprint density at radius 2 is 1.74 bits per heavy atom. The summed E-state index contributed by atoms with van der Waals surface area (Å²) in [5.74, 6) is 0.769. The fraction of sp³-hybridized carbons (Fsp3) is 0.0833. The van der Waals surface area contributed by atoms with Crippen LogP contribution in [0.25, 0.3) is 27.7 Å². The second-order valence-corrected chi connectivity index (χ2v) is 9.64. The number of rotatable bonds is 7. The van der Waals surface area contributed by atoms with Crippen LogP contribution in [0.5, 0.6) is 5.75 Å². The maximum absolute atomic E-state index is 13.0. The number of anilines is 1. The minimum atomic E-state index is -3.69. The topological polar surface area (TPSA) is 109 Å². The molecule has 0 bridgehead atoms. The van der Waals surface area contributed by atoms with Crippen molar-refractivity contribution in [2.45, 2.75) is 4.90 Å². The summed E-state index contributed by atoms with van der Waals surface area (Å²) in [5.41, 5.74) is 2.73. The molecule has 3 N–H and O–H groups in total. The van der Waals surface area contributed by atoms with Gasteiger partial charge in [0.15, 0.2) is 5.65 Å². The molecule has 8 nitrogen and oxygen atoms in total. The molecule has 5 rings (SSSR count). The number of fused-ring (bicyclic) bond motifs is 2. The highest BCUT2D eigenvalue weighted by Crippen LogP contribution is 2.29. The first-order valence-corrected chi connectivity index (χ1v) is 12.3. The van der Waals surface area contributed by atoms with Gasteiger partial charge < -0.3 is 10.4 Å². The highest BCUT2D eigenvalue weighted by atomic mass is 32.2. The lowest BCUT2D eigenvalue weighted by molar-refractivity contribution is 0.477. The molecule has 0 amide bonds. The molecule has 170 valence electrons. The first-order valence-electron chi connectivity index (χ1n) is 10.8. The molecular formula is C24H22BN5O3S. The van der Waals surface area contributed by atoms with Crippen LogP contribution in [0.2, 0.25) is 0 Å². The lowest BCUT2D eigenvalue weighted by Gasteiger charge is -2.13. The van der Waals surface area contributed by atoms with E-state index in [4.69, 9.17) is 0 Å². The summed E-state index contributed by atoms with van der Waals surface area (Å²) in [6, 6.07) is 21.4. The Balaban J connectivity index is 1.37. The van der Waals surface area contributed by atoms with Gasteiger partial charge in [-0.2, -0.15) is 9.61 Å². The van der Waals surface area contributed by atoms with Gasteiger partial charge in [0.1, 0.15) is 19.4 Å². The highest BCUT2D eigenvalue weighted by molar-refractivity contribution is 7.89. The van der Waals surface area contributed by atoms with Gasteiger partial charge in [0.2, 0.25) is 10.0 Å². The number of phenolic OH excluding ortho intramolecular Hbond substituents is 1. The first-order chi connectivity index (χ1) is 16.4. The molecule has 0 radical (unpaired) electrons. The fourth-order valence-electron chi connectivity index (χ4n) is 3.91. The van der Waals surface area contributed by atoms with Crippen molar-refractivity contribution < 1.29 is 13.5 Å². The van der Waals surface area contributed by atoms with Crippen LogP contribution in [0.1, 0.15) is 0 Å². The third-order valence-corrected chi connectivity index (χ3v) is 7.11. The number of nitrogens with zero attached hydrogens (tertiary/aromatic N) is 3. The summed E-state index contributed by atoms with van der Waals surface area (Å²) >= 11 is 0. The van der Waals surface area contributed by atoms with Crippen molar-refractivity contribution in [1.82, 2.24) is 19.3 Å². The molecule has 0 atom stereocenters. The van der Waals surface area contributed by atoms with Gasteiger partial charge in [-0.05, 0) is 29.0 Å². The zero-order valence-corrected chi connectivity index (χ0v) is 19.2. The number of nitrogens with one attached hydrogen (secondary N) is 2. The second kappa shape index (κ2) is 8.81. The number of aromatic hydroxyl groups is 1. The number of sulfonamides is 1. The van der Waals surface area contributed by atoms with Crippen LogP contribution in [0, 0.1) is 0 Å². The molecule has 0 aliphatic heterocycles. The van der Waals surface area contributed by atoms with Crippen LogP contribution in [0.3, 0.4) is 0 Å². The molecule has 2 heterocycles. The van der Waals surface area contributed by atoms with Gasteiger partial charge in [0, 0.05) is 36.3 Å². The van der Waals surface area contributed by atoms with Crippen LogP contribution in [0.4, 0.5) is 5.82 Å². The summed E-state index contributed by atoms with van der Waals surface area (Å²) in [6.07, 6.45) is 1.71. The first kappa shape index (κ1) is 21.9. The Bertz CT molecular complexity index is 1610. The minimum absolute atomic E-state index is 0.130. The molecule has 0 saturated heterocycles. The van der Waals surface area contributed by atoms with Crippen molar-refractivity contribution >= 4 is 45.6 Å². The van der Waals surface area contributed by atoms with E-state index >= 15 is 0 Å². The predicted octanol–water partition coefficient (Wildman–Crippen LogP) is 1.90. The molecule has 0 unspecified atom stereocenters. The third kappa shape index (κ3) is 4.09. The van der Waals surface area contributed by atoms with E-state index in [1.165, 1.54) is 0 Å². The Labute approximate surface area is 197 Å². The van der Waals surface area contributed by atoms with Crippen LogP contribution in [-0.2, 0) is 10.0 Å². The van der Waals surface area contributed by atoms with Crippen LogP contribution >= 0.6 is 0 Å². The van der Waals surface area contributed by atoms with Gasteiger partial charge in [0.25, 0.3) is 0 Å². The number of benzene rings is 3. The summed E-state index contributed by atoms with van der Waals surface area (Å²) < 4.78 is 30.2. The van der Waals surface area contributed by atoms with Gasteiger partial charge >= 0.3 is 0 Å². The minimum Gasteiger partial charge on any atom is -0.507 e. The molecule has 2 aromatic heterocycles. The molecule has 0 aliphatic carbocycles. The average molecular weight is 471 g/mol. The normalized spacial score (nSPS) is 11.8. The van der Waals surface area contributed by atoms with E-state index in [1.807, 2.05) is 38.2 Å². The molecule has 10 heteroatoms. The van der Waals surface area contributed by atoms with Crippen LogP contribution < -0.4 is 15.5 Å². The zero-order valence-electron chi connectivity index (χ0n) is 18.4. The van der Waals surface area contributed by atoms with E-state index in [0.717, 1.165) is 10.8 Å². The van der Waals surface area contributed by atoms with Crippen molar-refractivity contribution in [2.24, 2.45) is 0 Å². The molecule has 0 fully saturated rings. The van der Waals surface area contributed by atoms with Gasteiger partial charge in [-0.1, -0.05) is 48.5 Å². The zero-order chi connectivity index (χ0) is 23.7. The maximum Gasteiger partial charge on any atom is 0.241 e. The van der Waals surface area contributed by atoms with Crippen molar-refractivity contribution in [1.29, 1.82) is 0 Å². The molecule has 0 spiro atoms. The summed E-state index contributed by atoms with van der Waals surface area (Å²) in [5, 5.41) is 19.4. The van der Waals surface area contributed by atoms with E-state index in [1.54, 1.807) is 53.2 Å². The van der Waals surface area contributed by atoms with Crippen LogP contribution in [0.15, 0.2) is 83.9 Å². The number of para-hydroxylation sites is 1. The van der Waals surface area contributed by atoms with E-state index in [0.29, 0.717) is 34.7 Å². The van der Waals surface area contributed by atoms with Crippen molar-refractivity contribution in [3.8, 4) is 17.0 Å². The summed E-state index contributed by atoms with van der Waals surface area (Å²) in [7, 11) is -1.79. The Kier molecular flexibility index (Phi) is 5.68. The van der Waals surface area contributed by atoms with Gasteiger partial charge in [-0.15, -0.1) is 0 Å². The number of hydrogen-bond donors (Lipinski definition) is 3. The molecule has 0 saturated carbocycles. The van der Waals surface area contributed by atoms with E-state index < -0.39 is 10.0 Å². The Morgan fingerprint density at radius 1 is 0.971 bits per heavy atom. The molecular weight excluding hydrogens is 449 g/mol. The van der Waals surface area contributed by atoms with E-state index in [-0.39, 0.29) is 17.2 Å². The molecule has 34 heavy (non-hydrogen) atoms. The number of hydrogen-bond acceptors (Lipinski definition) is 6. The van der Waals surface area contributed by atoms with E-state index in [2.05, 4.69) is 20.1 Å². The molecule has 5 aromatic rings. The van der Waals surface area contributed by atoms with Crippen molar-refractivity contribution in [3.05, 3.63) is 79.0 Å². The van der Waals surface area contributed by atoms with Crippen molar-refractivity contribution in [2.75, 3.05) is 18.4 Å². The number of phenols is 1. The van der Waals surface area contributed by atoms with Gasteiger partial charge in [0.05, 0.1) is 10.6 Å². The smallest absolute Gasteiger partial charge is 0.241 e.